The molecule has 1 aliphatic rings. The first kappa shape index (κ1) is 10.5. The van der Waals surface area contributed by atoms with Crippen molar-refractivity contribution in [2.24, 2.45) is 5.14 Å². The molecule has 1 aliphatic heterocycles. The summed E-state index contributed by atoms with van der Waals surface area (Å²) in [6.45, 7) is 2.74. The van der Waals surface area contributed by atoms with Crippen molar-refractivity contribution in [1.82, 2.24) is 9.21 Å². The Balaban J connectivity index is 2.45. The number of nitrogens with zero attached hydrogens (tertiary/aromatic N) is 2. The molecule has 6 heteroatoms. The Labute approximate surface area is 78.7 Å². The Hall–Kier alpha value is -0.610. The smallest absolute Gasteiger partial charge is 0.276 e. The van der Waals surface area contributed by atoms with E-state index >= 15 is 0 Å². The van der Waals surface area contributed by atoms with Crippen molar-refractivity contribution < 1.29 is 8.42 Å². The molecule has 0 amide bonds. The summed E-state index contributed by atoms with van der Waals surface area (Å²) >= 11 is 0. The van der Waals surface area contributed by atoms with Gasteiger partial charge in [0.25, 0.3) is 10.2 Å². The van der Waals surface area contributed by atoms with Crippen molar-refractivity contribution in [2.75, 3.05) is 32.7 Å². The monoisotopic (exact) mass is 203 g/mol. The van der Waals surface area contributed by atoms with E-state index in [0.717, 1.165) is 0 Å². The van der Waals surface area contributed by atoms with Crippen LogP contribution >= 0.6 is 0 Å². The number of hydrogen-bond acceptors (Lipinski definition) is 3. The molecule has 0 spiro atoms. The van der Waals surface area contributed by atoms with Crippen LogP contribution in [0.2, 0.25) is 0 Å². The second kappa shape index (κ2) is 4.07. The normalized spacial score (nSPS) is 21.2. The van der Waals surface area contributed by atoms with E-state index in [9.17, 15) is 8.42 Å². The van der Waals surface area contributed by atoms with Crippen molar-refractivity contribution in [3.8, 4) is 12.3 Å². The van der Waals surface area contributed by atoms with Gasteiger partial charge in [-0.15, -0.1) is 6.42 Å². The third-order valence-electron chi connectivity index (χ3n) is 2.01. The standard InChI is InChI=1S/C7H13N3O2S/c1-2-3-9-4-6-10(7-5-9)13(8,11)12/h1H,3-7H2,(H2,8,11,12). The highest BCUT2D eigenvalue weighted by Gasteiger charge is 2.22. The Morgan fingerprint density at radius 1 is 1.31 bits per heavy atom. The van der Waals surface area contributed by atoms with E-state index in [-0.39, 0.29) is 0 Å². The molecule has 0 aromatic rings. The molecule has 1 fully saturated rings. The third kappa shape index (κ3) is 2.97. The molecule has 0 unspecified atom stereocenters. The van der Waals surface area contributed by atoms with E-state index in [0.29, 0.717) is 32.7 Å². The predicted molar refractivity (Wildman–Crippen MR) is 50.0 cm³/mol. The Kier molecular flexibility index (Phi) is 3.27. The summed E-state index contributed by atoms with van der Waals surface area (Å²) in [7, 11) is -3.51. The lowest BCUT2D eigenvalue weighted by atomic mass is 10.4. The number of piperazine rings is 1. The van der Waals surface area contributed by atoms with Crippen LogP contribution in [0, 0.1) is 12.3 Å². The lowest BCUT2D eigenvalue weighted by molar-refractivity contribution is 0.207. The maximum Gasteiger partial charge on any atom is 0.276 e. The maximum atomic E-state index is 10.9. The van der Waals surface area contributed by atoms with Gasteiger partial charge >= 0.3 is 0 Å². The van der Waals surface area contributed by atoms with Crippen molar-refractivity contribution in [1.29, 1.82) is 0 Å². The first-order valence-electron chi connectivity index (χ1n) is 3.97. The van der Waals surface area contributed by atoms with Crippen LogP contribution in [0.3, 0.4) is 0 Å². The summed E-state index contributed by atoms with van der Waals surface area (Å²) in [5.74, 6) is 2.52. The lowest BCUT2D eigenvalue weighted by Crippen LogP contribution is -2.50. The average molecular weight is 203 g/mol. The molecule has 0 aliphatic carbocycles. The van der Waals surface area contributed by atoms with Gasteiger partial charge in [0.2, 0.25) is 0 Å². The van der Waals surface area contributed by atoms with Gasteiger partial charge in [-0.05, 0) is 0 Å². The van der Waals surface area contributed by atoms with Crippen LogP contribution in [0.25, 0.3) is 0 Å². The summed E-state index contributed by atoms with van der Waals surface area (Å²) in [5, 5.41) is 4.97. The van der Waals surface area contributed by atoms with Crippen LogP contribution in [0.4, 0.5) is 0 Å². The predicted octanol–water partition coefficient (Wildman–Crippen LogP) is -1.56. The first-order chi connectivity index (χ1) is 6.04. The average Bonchev–Trinajstić information content (AvgIpc) is 2.04. The summed E-state index contributed by atoms with van der Waals surface area (Å²) in [5.41, 5.74) is 0. The van der Waals surface area contributed by atoms with Gasteiger partial charge in [0.15, 0.2) is 0 Å². The van der Waals surface area contributed by atoms with E-state index in [1.165, 1.54) is 4.31 Å². The van der Waals surface area contributed by atoms with Crippen molar-refractivity contribution in [2.45, 2.75) is 0 Å². The van der Waals surface area contributed by atoms with Crippen molar-refractivity contribution in [3.63, 3.8) is 0 Å². The molecule has 2 N–H and O–H groups in total. The van der Waals surface area contributed by atoms with E-state index in [2.05, 4.69) is 5.92 Å². The first-order valence-corrected chi connectivity index (χ1v) is 5.48. The molecular weight excluding hydrogens is 190 g/mol. The van der Waals surface area contributed by atoms with Gasteiger partial charge in [-0.2, -0.15) is 12.7 Å². The van der Waals surface area contributed by atoms with Gasteiger partial charge in [0, 0.05) is 26.2 Å². The van der Waals surface area contributed by atoms with Crippen LogP contribution < -0.4 is 5.14 Å². The fourth-order valence-electron chi connectivity index (χ4n) is 1.27. The Morgan fingerprint density at radius 2 is 1.85 bits per heavy atom. The minimum Gasteiger partial charge on any atom is -0.290 e. The fourth-order valence-corrected chi connectivity index (χ4v) is 1.94. The lowest BCUT2D eigenvalue weighted by Gasteiger charge is -2.31. The molecule has 74 valence electrons. The molecule has 1 saturated heterocycles. The zero-order valence-corrected chi connectivity index (χ0v) is 8.13. The molecule has 1 rings (SSSR count). The van der Waals surface area contributed by atoms with Gasteiger partial charge in [0.1, 0.15) is 0 Å². The second-order valence-corrected chi connectivity index (χ2v) is 4.47. The van der Waals surface area contributed by atoms with Gasteiger partial charge < -0.3 is 0 Å². The third-order valence-corrected chi connectivity index (χ3v) is 3.09. The number of terminal acetylenes is 1. The summed E-state index contributed by atoms with van der Waals surface area (Å²) < 4.78 is 23.1. The minimum absolute atomic E-state index is 0.431. The van der Waals surface area contributed by atoms with Crippen molar-refractivity contribution >= 4 is 10.2 Å². The van der Waals surface area contributed by atoms with E-state index in [4.69, 9.17) is 11.6 Å². The Morgan fingerprint density at radius 3 is 2.23 bits per heavy atom. The van der Waals surface area contributed by atoms with E-state index in [1.54, 1.807) is 0 Å². The van der Waals surface area contributed by atoms with Crippen LogP contribution in [-0.4, -0.2) is 50.3 Å². The van der Waals surface area contributed by atoms with Gasteiger partial charge in [-0.25, -0.2) is 5.14 Å². The van der Waals surface area contributed by atoms with Crippen LogP contribution in [0.1, 0.15) is 0 Å². The van der Waals surface area contributed by atoms with E-state index in [1.807, 2.05) is 4.90 Å². The maximum absolute atomic E-state index is 10.9. The molecule has 0 atom stereocenters. The molecule has 5 nitrogen and oxygen atoms in total. The topological polar surface area (TPSA) is 66.6 Å². The van der Waals surface area contributed by atoms with Gasteiger partial charge in [-0.3, -0.25) is 4.90 Å². The highest BCUT2D eigenvalue weighted by Crippen LogP contribution is 2.03. The second-order valence-electron chi connectivity index (χ2n) is 2.92. The molecule has 1 heterocycles. The molecule has 0 aromatic heterocycles. The van der Waals surface area contributed by atoms with Crippen LogP contribution in [-0.2, 0) is 10.2 Å². The van der Waals surface area contributed by atoms with Gasteiger partial charge in [0.05, 0.1) is 6.54 Å². The summed E-state index contributed by atoms with van der Waals surface area (Å²) in [4.78, 5) is 2.02. The zero-order valence-electron chi connectivity index (χ0n) is 7.31. The van der Waals surface area contributed by atoms with E-state index < -0.39 is 10.2 Å². The summed E-state index contributed by atoms with van der Waals surface area (Å²) in [6.07, 6.45) is 5.13. The van der Waals surface area contributed by atoms with Crippen LogP contribution in [0.15, 0.2) is 0 Å². The number of rotatable bonds is 2. The highest BCUT2D eigenvalue weighted by atomic mass is 32.2. The van der Waals surface area contributed by atoms with Crippen molar-refractivity contribution in [3.05, 3.63) is 0 Å². The molecule has 0 bridgehead atoms. The van der Waals surface area contributed by atoms with Gasteiger partial charge in [-0.1, -0.05) is 5.92 Å². The number of hydrogen-bond donors (Lipinski definition) is 1. The SMILES string of the molecule is C#CCN1CCN(S(N)(=O)=O)CC1. The largest absolute Gasteiger partial charge is 0.290 e. The zero-order chi connectivity index (χ0) is 9.90. The minimum atomic E-state index is -3.51. The molecule has 0 aromatic carbocycles. The summed E-state index contributed by atoms with van der Waals surface area (Å²) in [6, 6.07) is 0. The highest BCUT2D eigenvalue weighted by molar-refractivity contribution is 7.86. The molecular formula is C7H13N3O2S. The quantitative estimate of drug-likeness (QED) is 0.552. The Bertz CT molecular complexity index is 298. The van der Waals surface area contributed by atoms with Crippen LogP contribution in [0.5, 0.6) is 0 Å². The number of nitrogens with two attached hydrogens (primary N) is 1. The molecule has 0 radical (unpaired) electrons. The molecule has 13 heavy (non-hydrogen) atoms. The fraction of sp³-hybridized carbons (Fsp3) is 0.714. The molecule has 0 saturated carbocycles.